The molecule has 0 amide bonds. The fourth-order valence-corrected chi connectivity index (χ4v) is 1.65. The van der Waals surface area contributed by atoms with E-state index in [0.29, 0.717) is 6.04 Å². The van der Waals surface area contributed by atoms with Crippen LogP contribution >= 0.6 is 0 Å². The number of aromatic nitrogens is 2. The Kier molecular flexibility index (Phi) is 8.93. The number of hydrogen-bond acceptors (Lipinski definition) is 5. The summed E-state index contributed by atoms with van der Waals surface area (Å²) in [6.45, 7) is 7.83. The Labute approximate surface area is 116 Å². The summed E-state index contributed by atoms with van der Waals surface area (Å²) in [5.41, 5.74) is 0. The Morgan fingerprint density at radius 1 is 1.26 bits per heavy atom. The van der Waals surface area contributed by atoms with Crippen molar-refractivity contribution in [3.05, 3.63) is 18.6 Å². The minimum atomic E-state index is 0.657. The number of nitrogens with one attached hydrogen (secondary N) is 2. The molecule has 2 N–H and O–H groups in total. The quantitative estimate of drug-likeness (QED) is 0.858. The number of hydrogen-bond donors (Lipinski definition) is 2. The van der Waals surface area contributed by atoms with Crippen molar-refractivity contribution in [2.45, 2.75) is 39.2 Å². The predicted octanol–water partition coefficient (Wildman–Crippen LogP) is 2.07. The summed E-state index contributed by atoms with van der Waals surface area (Å²) >= 11 is 0. The molecule has 2 aliphatic rings. The van der Waals surface area contributed by atoms with Crippen LogP contribution in [0.25, 0.3) is 0 Å². The largest absolute Gasteiger partial charge is 0.379 e. The minimum Gasteiger partial charge on any atom is -0.379 e. The first kappa shape index (κ1) is 15.9. The number of ether oxygens (including phenoxy) is 1. The first-order chi connectivity index (χ1) is 9.45. The van der Waals surface area contributed by atoms with Gasteiger partial charge in [0.2, 0.25) is 0 Å². The van der Waals surface area contributed by atoms with Crippen LogP contribution in [0.3, 0.4) is 0 Å². The lowest BCUT2D eigenvalue weighted by Crippen LogP contribution is -2.30. The summed E-state index contributed by atoms with van der Waals surface area (Å²) in [5.74, 6) is 0.949. The molecule has 1 aromatic heterocycles. The third-order valence-electron chi connectivity index (χ3n) is 2.89. The highest BCUT2D eigenvalue weighted by molar-refractivity contribution is 5.33. The molecule has 19 heavy (non-hydrogen) atoms. The van der Waals surface area contributed by atoms with Crippen molar-refractivity contribution in [2.24, 2.45) is 0 Å². The van der Waals surface area contributed by atoms with E-state index in [2.05, 4.69) is 20.6 Å². The van der Waals surface area contributed by atoms with E-state index >= 15 is 0 Å². The standard InChI is InChI=1S/C8H11N3.C4H9NO.C2H6/c1-2-7(3-1)11-8-4-5-9-6-10-8;1-3-6-4-2-5-1;1-2/h4-7H,1-3H2,(H,9,10,11);5H,1-4H2;1-2H3. The molecule has 1 aromatic rings. The van der Waals surface area contributed by atoms with Crippen LogP contribution in [-0.2, 0) is 4.74 Å². The Morgan fingerprint density at radius 2 is 2.00 bits per heavy atom. The molecule has 0 bridgehead atoms. The maximum Gasteiger partial charge on any atom is 0.129 e. The lowest BCUT2D eigenvalue weighted by atomic mass is 9.93. The van der Waals surface area contributed by atoms with Gasteiger partial charge in [0.15, 0.2) is 0 Å². The van der Waals surface area contributed by atoms with E-state index in [4.69, 9.17) is 4.74 Å². The topological polar surface area (TPSA) is 59.1 Å². The molecule has 0 unspecified atom stereocenters. The normalized spacial score (nSPS) is 18.0. The van der Waals surface area contributed by atoms with Crippen molar-refractivity contribution in [1.29, 1.82) is 0 Å². The smallest absolute Gasteiger partial charge is 0.129 e. The molecule has 0 atom stereocenters. The molecule has 1 aliphatic heterocycles. The van der Waals surface area contributed by atoms with Gasteiger partial charge in [0, 0.05) is 25.3 Å². The van der Waals surface area contributed by atoms with E-state index in [9.17, 15) is 0 Å². The zero-order valence-electron chi connectivity index (χ0n) is 12.1. The van der Waals surface area contributed by atoms with Gasteiger partial charge in [-0.05, 0) is 25.3 Å². The highest BCUT2D eigenvalue weighted by atomic mass is 16.5. The molecule has 3 rings (SSSR count). The summed E-state index contributed by atoms with van der Waals surface area (Å²) in [7, 11) is 0. The van der Waals surface area contributed by atoms with Gasteiger partial charge in [0.25, 0.3) is 0 Å². The van der Waals surface area contributed by atoms with E-state index in [1.54, 1.807) is 12.5 Å². The molecule has 1 saturated heterocycles. The van der Waals surface area contributed by atoms with Gasteiger partial charge in [0.1, 0.15) is 12.1 Å². The molecule has 0 spiro atoms. The van der Waals surface area contributed by atoms with Crippen LogP contribution in [0.5, 0.6) is 0 Å². The first-order valence-electron chi connectivity index (χ1n) is 7.26. The summed E-state index contributed by atoms with van der Waals surface area (Å²) in [4.78, 5) is 7.92. The van der Waals surface area contributed by atoms with E-state index in [1.165, 1.54) is 19.3 Å². The molecule has 5 nitrogen and oxygen atoms in total. The second-order valence-electron chi connectivity index (χ2n) is 4.23. The van der Waals surface area contributed by atoms with Crippen LogP contribution in [0.4, 0.5) is 5.82 Å². The van der Waals surface area contributed by atoms with Crippen molar-refractivity contribution >= 4 is 5.82 Å². The lowest BCUT2D eigenvalue weighted by Gasteiger charge is -2.26. The zero-order valence-corrected chi connectivity index (χ0v) is 12.1. The minimum absolute atomic E-state index is 0.657. The molecular weight excluding hydrogens is 240 g/mol. The molecule has 108 valence electrons. The Hall–Kier alpha value is -1.20. The first-order valence-corrected chi connectivity index (χ1v) is 7.26. The highest BCUT2D eigenvalue weighted by Crippen LogP contribution is 2.21. The van der Waals surface area contributed by atoms with Crippen molar-refractivity contribution < 1.29 is 4.74 Å². The average Bonchev–Trinajstić information content (AvgIpc) is 2.49. The number of nitrogens with zero attached hydrogens (tertiary/aromatic N) is 2. The number of rotatable bonds is 2. The van der Waals surface area contributed by atoms with E-state index in [1.807, 2.05) is 19.9 Å². The second-order valence-corrected chi connectivity index (χ2v) is 4.23. The number of anilines is 1. The maximum absolute atomic E-state index is 5.01. The summed E-state index contributed by atoms with van der Waals surface area (Å²) in [5, 5.41) is 6.49. The van der Waals surface area contributed by atoms with Crippen LogP contribution in [0.2, 0.25) is 0 Å². The molecule has 0 aromatic carbocycles. The van der Waals surface area contributed by atoms with Crippen LogP contribution in [-0.4, -0.2) is 42.3 Å². The molecule has 0 radical (unpaired) electrons. The van der Waals surface area contributed by atoms with Crippen molar-refractivity contribution in [1.82, 2.24) is 15.3 Å². The van der Waals surface area contributed by atoms with E-state index in [-0.39, 0.29) is 0 Å². The third kappa shape index (κ3) is 7.08. The monoisotopic (exact) mass is 266 g/mol. The zero-order chi connectivity index (χ0) is 13.8. The predicted molar refractivity (Wildman–Crippen MR) is 78.3 cm³/mol. The van der Waals surface area contributed by atoms with Crippen LogP contribution in [0.1, 0.15) is 33.1 Å². The Bertz CT molecular complexity index is 288. The fourth-order valence-electron chi connectivity index (χ4n) is 1.65. The molecule has 5 heteroatoms. The maximum atomic E-state index is 5.01. The molecule has 2 heterocycles. The molecule has 1 saturated carbocycles. The van der Waals surface area contributed by atoms with Crippen LogP contribution < -0.4 is 10.6 Å². The number of morpholine rings is 1. The molecular formula is C14H26N4O. The summed E-state index contributed by atoms with van der Waals surface area (Å²) < 4.78 is 5.01. The van der Waals surface area contributed by atoms with Gasteiger partial charge >= 0.3 is 0 Å². The van der Waals surface area contributed by atoms with Gasteiger partial charge < -0.3 is 15.4 Å². The van der Waals surface area contributed by atoms with Crippen LogP contribution in [0, 0.1) is 0 Å². The molecule has 2 fully saturated rings. The van der Waals surface area contributed by atoms with Gasteiger partial charge in [-0.2, -0.15) is 0 Å². The van der Waals surface area contributed by atoms with Crippen molar-refractivity contribution in [2.75, 3.05) is 31.6 Å². The van der Waals surface area contributed by atoms with Gasteiger partial charge in [-0.3, -0.25) is 0 Å². The van der Waals surface area contributed by atoms with Gasteiger partial charge in [-0.1, -0.05) is 13.8 Å². The molecule has 1 aliphatic carbocycles. The third-order valence-corrected chi connectivity index (χ3v) is 2.89. The van der Waals surface area contributed by atoms with Gasteiger partial charge in [0.05, 0.1) is 13.2 Å². The Morgan fingerprint density at radius 3 is 2.37 bits per heavy atom. The average molecular weight is 266 g/mol. The Balaban J connectivity index is 0.000000192. The lowest BCUT2D eigenvalue weighted by molar-refractivity contribution is 0.109. The van der Waals surface area contributed by atoms with Gasteiger partial charge in [-0.15, -0.1) is 0 Å². The van der Waals surface area contributed by atoms with Crippen LogP contribution in [0.15, 0.2) is 18.6 Å². The summed E-state index contributed by atoms with van der Waals surface area (Å²) in [6, 6.07) is 2.56. The highest BCUT2D eigenvalue weighted by Gasteiger charge is 2.16. The van der Waals surface area contributed by atoms with Gasteiger partial charge in [-0.25, -0.2) is 9.97 Å². The fraction of sp³-hybridized carbons (Fsp3) is 0.714. The SMILES string of the molecule is C1COCCN1.CC.c1cc(NC2CCC2)ncn1. The van der Waals surface area contributed by atoms with Crippen molar-refractivity contribution in [3.63, 3.8) is 0 Å². The second kappa shape index (κ2) is 10.7. The van der Waals surface area contributed by atoms with Crippen molar-refractivity contribution in [3.8, 4) is 0 Å². The van der Waals surface area contributed by atoms with E-state index < -0.39 is 0 Å². The van der Waals surface area contributed by atoms with E-state index in [0.717, 1.165) is 32.1 Å². The summed E-state index contributed by atoms with van der Waals surface area (Å²) in [6.07, 6.45) is 7.24.